The van der Waals surface area contributed by atoms with Crippen molar-refractivity contribution < 1.29 is 4.74 Å². The highest BCUT2D eigenvalue weighted by atomic mass is 16.5. The van der Waals surface area contributed by atoms with Crippen LogP contribution in [0.5, 0.6) is 0 Å². The Labute approximate surface area is 94.4 Å². The van der Waals surface area contributed by atoms with Crippen molar-refractivity contribution in [3.05, 3.63) is 5.69 Å². The highest BCUT2D eigenvalue weighted by Crippen LogP contribution is 2.22. The molecule has 2 rings (SSSR count). The fraction of sp³-hybridized carbons (Fsp3) is 0.600. The molecule has 0 atom stereocenters. The Hall–Kier alpha value is -1.56. The topological polar surface area (TPSA) is 99.1 Å². The van der Waals surface area contributed by atoms with E-state index in [1.54, 1.807) is 0 Å². The smallest absolute Gasteiger partial charge is 0.222 e. The SMILES string of the molecule is Cc1nc(N)nc(NC2CCOCC2)c1N. The van der Waals surface area contributed by atoms with Crippen LogP contribution in [-0.2, 0) is 4.74 Å². The van der Waals surface area contributed by atoms with Crippen LogP contribution in [0.1, 0.15) is 18.5 Å². The minimum atomic E-state index is 0.251. The zero-order chi connectivity index (χ0) is 11.5. The third-order valence-corrected chi connectivity index (χ3v) is 2.72. The molecule has 6 nitrogen and oxygen atoms in total. The lowest BCUT2D eigenvalue weighted by Crippen LogP contribution is -2.29. The third kappa shape index (κ3) is 2.33. The van der Waals surface area contributed by atoms with Crippen LogP contribution >= 0.6 is 0 Å². The molecule has 1 aliphatic heterocycles. The number of nitrogens with one attached hydrogen (secondary N) is 1. The molecular weight excluding hydrogens is 206 g/mol. The number of anilines is 3. The van der Waals surface area contributed by atoms with Gasteiger partial charge in [-0.25, -0.2) is 4.98 Å². The first-order valence-corrected chi connectivity index (χ1v) is 5.40. The maximum atomic E-state index is 5.89. The molecule has 0 amide bonds. The van der Waals surface area contributed by atoms with Gasteiger partial charge >= 0.3 is 0 Å². The number of hydrogen-bond acceptors (Lipinski definition) is 6. The molecule has 0 aliphatic carbocycles. The van der Waals surface area contributed by atoms with Crippen LogP contribution in [0, 0.1) is 6.92 Å². The lowest BCUT2D eigenvalue weighted by atomic mass is 10.1. The average Bonchev–Trinajstić information content (AvgIpc) is 2.27. The second kappa shape index (κ2) is 4.52. The van der Waals surface area contributed by atoms with Crippen LogP contribution in [0.25, 0.3) is 0 Å². The van der Waals surface area contributed by atoms with E-state index in [0.717, 1.165) is 26.1 Å². The first-order valence-electron chi connectivity index (χ1n) is 5.40. The second-order valence-corrected chi connectivity index (χ2v) is 3.96. The summed E-state index contributed by atoms with van der Waals surface area (Å²) in [5.41, 5.74) is 12.8. The van der Waals surface area contributed by atoms with Crippen molar-refractivity contribution in [3.63, 3.8) is 0 Å². The molecule has 6 heteroatoms. The number of hydrogen-bond donors (Lipinski definition) is 3. The molecule has 88 valence electrons. The van der Waals surface area contributed by atoms with Gasteiger partial charge in [0.2, 0.25) is 5.95 Å². The van der Waals surface area contributed by atoms with Gasteiger partial charge in [-0.3, -0.25) is 0 Å². The van der Waals surface area contributed by atoms with E-state index in [9.17, 15) is 0 Å². The van der Waals surface area contributed by atoms with Crippen molar-refractivity contribution >= 4 is 17.5 Å². The Morgan fingerprint density at radius 3 is 2.62 bits per heavy atom. The minimum absolute atomic E-state index is 0.251. The molecule has 0 saturated carbocycles. The van der Waals surface area contributed by atoms with Crippen LogP contribution < -0.4 is 16.8 Å². The normalized spacial score (nSPS) is 17.3. The number of aryl methyl sites for hydroxylation is 1. The van der Waals surface area contributed by atoms with E-state index in [1.165, 1.54) is 0 Å². The molecule has 0 aromatic carbocycles. The van der Waals surface area contributed by atoms with Crippen LogP contribution in [0.2, 0.25) is 0 Å². The van der Waals surface area contributed by atoms with E-state index in [0.29, 0.717) is 23.2 Å². The second-order valence-electron chi connectivity index (χ2n) is 3.96. The van der Waals surface area contributed by atoms with Crippen LogP contribution in [0.3, 0.4) is 0 Å². The van der Waals surface area contributed by atoms with E-state index < -0.39 is 0 Å². The zero-order valence-electron chi connectivity index (χ0n) is 9.36. The molecule has 1 saturated heterocycles. The van der Waals surface area contributed by atoms with Crippen molar-refractivity contribution in [3.8, 4) is 0 Å². The standard InChI is InChI=1S/C10H17N5O/c1-6-8(11)9(15-10(12)13-6)14-7-2-4-16-5-3-7/h7H,2-5,11H2,1H3,(H3,12,13,14,15). The van der Waals surface area contributed by atoms with E-state index in [-0.39, 0.29) is 5.95 Å². The van der Waals surface area contributed by atoms with Gasteiger partial charge in [0.05, 0.1) is 11.4 Å². The van der Waals surface area contributed by atoms with Crippen LogP contribution in [-0.4, -0.2) is 29.2 Å². The number of aromatic nitrogens is 2. The highest BCUT2D eigenvalue weighted by molar-refractivity contribution is 5.65. The molecule has 0 spiro atoms. The largest absolute Gasteiger partial charge is 0.394 e. The number of ether oxygens (including phenoxy) is 1. The first-order chi connectivity index (χ1) is 7.66. The fourth-order valence-electron chi connectivity index (χ4n) is 1.75. The Morgan fingerprint density at radius 1 is 1.25 bits per heavy atom. The Balaban J connectivity index is 2.13. The maximum absolute atomic E-state index is 5.89. The molecular formula is C10H17N5O. The van der Waals surface area contributed by atoms with E-state index >= 15 is 0 Å². The van der Waals surface area contributed by atoms with Gasteiger partial charge in [-0.1, -0.05) is 0 Å². The molecule has 1 aromatic heterocycles. The van der Waals surface area contributed by atoms with Gasteiger partial charge in [0.15, 0.2) is 5.82 Å². The summed E-state index contributed by atoms with van der Waals surface area (Å²) in [5.74, 6) is 0.887. The molecule has 0 radical (unpaired) electrons. The van der Waals surface area contributed by atoms with E-state index in [1.807, 2.05) is 6.92 Å². The summed E-state index contributed by atoms with van der Waals surface area (Å²) in [6.07, 6.45) is 1.92. The van der Waals surface area contributed by atoms with Crippen molar-refractivity contribution in [1.29, 1.82) is 0 Å². The van der Waals surface area contributed by atoms with Crippen LogP contribution in [0.4, 0.5) is 17.5 Å². The van der Waals surface area contributed by atoms with Gasteiger partial charge in [0, 0.05) is 19.3 Å². The fourth-order valence-corrected chi connectivity index (χ4v) is 1.75. The molecule has 0 bridgehead atoms. The highest BCUT2D eigenvalue weighted by Gasteiger charge is 2.16. The third-order valence-electron chi connectivity index (χ3n) is 2.72. The Bertz CT molecular complexity index is 376. The van der Waals surface area contributed by atoms with Gasteiger partial charge in [-0.2, -0.15) is 4.98 Å². The van der Waals surface area contributed by atoms with Gasteiger partial charge in [-0.15, -0.1) is 0 Å². The van der Waals surface area contributed by atoms with Gasteiger partial charge < -0.3 is 21.5 Å². The summed E-state index contributed by atoms with van der Waals surface area (Å²) in [6.45, 7) is 3.37. The molecule has 16 heavy (non-hydrogen) atoms. The molecule has 1 fully saturated rings. The lowest BCUT2D eigenvalue weighted by Gasteiger charge is -2.24. The number of rotatable bonds is 2. The monoisotopic (exact) mass is 223 g/mol. The van der Waals surface area contributed by atoms with Gasteiger partial charge in [-0.05, 0) is 19.8 Å². The Morgan fingerprint density at radius 2 is 1.94 bits per heavy atom. The van der Waals surface area contributed by atoms with Crippen molar-refractivity contribution in [1.82, 2.24) is 9.97 Å². The number of nitrogens with zero attached hydrogens (tertiary/aromatic N) is 2. The average molecular weight is 223 g/mol. The predicted octanol–water partition coefficient (Wildman–Crippen LogP) is 0.540. The zero-order valence-corrected chi connectivity index (χ0v) is 9.36. The van der Waals surface area contributed by atoms with Crippen LogP contribution in [0.15, 0.2) is 0 Å². The molecule has 0 unspecified atom stereocenters. The number of nitrogen functional groups attached to an aromatic ring is 2. The molecule has 5 N–H and O–H groups in total. The lowest BCUT2D eigenvalue weighted by molar-refractivity contribution is 0.0904. The summed E-state index contributed by atoms with van der Waals surface area (Å²) in [6, 6.07) is 0.352. The van der Waals surface area contributed by atoms with E-state index in [4.69, 9.17) is 16.2 Å². The summed E-state index contributed by atoms with van der Waals surface area (Å²) in [4.78, 5) is 8.12. The molecule has 2 heterocycles. The quantitative estimate of drug-likeness (QED) is 0.676. The summed E-state index contributed by atoms with van der Waals surface area (Å²) in [5, 5.41) is 3.29. The molecule has 1 aromatic rings. The summed E-state index contributed by atoms with van der Waals surface area (Å²) in [7, 11) is 0. The molecule has 1 aliphatic rings. The van der Waals surface area contributed by atoms with Gasteiger partial charge in [0.25, 0.3) is 0 Å². The number of nitrogens with two attached hydrogens (primary N) is 2. The van der Waals surface area contributed by atoms with Crippen molar-refractivity contribution in [2.24, 2.45) is 0 Å². The minimum Gasteiger partial charge on any atom is -0.394 e. The predicted molar refractivity (Wildman–Crippen MR) is 63.1 cm³/mol. The first kappa shape index (κ1) is 10.9. The Kier molecular flexibility index (Phi) is 3.09. The summed E-state index contributed by atoms with van der Waals surface area (Å²) >= 11 is 0. The van der Waals surface area contributed by atoms with Gasteiger partial charge in [0.1, 0.15) is 0 Å². The maximum Gasteiger partial charge on any atom is 0.222 e. The van der Waals surface area contributed by atoms with E-state index in [2.05, 4.69) is 15.3 Å². The van der Waals surface area contributed by atoms with Crippen molar-refractivity contribution in [2.75, 3.05) is 30.0 Å². The van der Waals surface area contributed by atoms with Crippen molar-refractivity contribution in [2.45, 2.75) is 25.8 Å². The summed E-state index contributed by atoms with van der Waals surface area (Å²) < 4.78 is 5.29.